The molecule has 0 saturated carbocycles. The van der Waals surface area contributed by atoms with Gasteiger partial charge in [0, 0.05) is 33.1 Å². The Labute approximate surface area is 156 Å². The molecule has 0 fully saturated rings. The summed E-state index contributed by atoms with van der Waals surface area (Å²) in [6, 6.07) is 9.73. The molecule has 0 saturated heterocycles. The summed E-state index contributed by atoms with van der Waals surface area (Å²) in [7, 11) is 0. The van der Waals surface area contributed by atoms with E-state index in [1.165, 1.54) is 17.8 Å². The Morgan fingerprint density at radius 2 is 2.00 bits per heavy atom. The summed E-state index contributed by atoms with van der Waals surface area (Å²) in [5, 5.41) is 3.61. The van der Waals surface area contributed by atoms with Crippen LogP contribution >= 0.6 is 50.9 Å². The van der Waals surface area contributed by atoms with Gasteiger partial charge in [-0.1, -0.05) is 45.2 Å². The van der Waals surface area contributed by atoms with Crippen molar-refractivity contribution >= 4 is 56.8 Å². The molecule has 2 aromatic carbocycles. The molecule has 23 heavy (non-hydrogen) atoms. The zero-order valence-electron chi connectivity index (χ0n) is 11.9. The Bertz CT molecular complexity index is 694. The molecule has 0 radical (unpaired) electrons. The Hall–Kier alpha value is -0.750. The zero-order chi connectivity index (χ0) is 16.8. The standard InChI is InChI=1S/C16H13BrCl2FNOS/c17-10-4-5-14(19)11(8-10)16(22)21-6-7-23-9-12-13(18)2-1-3-15(12)20/h1-5,8H,6-7,9H2,(H,21,22). The molecular formula is C16H13BrCl2FNOS. The Morgan fingerprint density at radius 1 is 1.22 bits per heavy atom. The second kappa shape index (κ2) is 8.92. The predicted molar refractivity (Wildman–Crippen MR) is 99.1 cm³/mol. The lowest BCUT2D eigenvalue weighted by Gasteiger charge is -2.08. The highest BCUT2D eigenvalue weighted by atomic mass is 79.9. The maximum Gasteiger partial charge on any atom is 0.252 e. The first-order chi connectivity index (χ1) is 11.0. The number of hydrogen-bond acceptors (Lipinski definition) is 2. The maximum atomic E-state index is 13.6. The van der Waals surface area contributed by atoms with Crippen molar-refractivity contribution in [2.24, 2.45) is 0 Å². The molecule has 1 N–H and O–H groups in total. The van der Waals surface area contributed by atoms with Crippen molar-refractivity contribution in [3.63, 3.8) is 0 Å². The number of carbonyl (C=O) groups is 1. The molecule has 2 nitrogen and oxygen atoms in total. The average molecular weight is 437 g/mol. The van der Waals surface area contributed by atoms with Gasteiger partial charge in [0.25, 0.3) is 5.91 Å². The van der Waals surface area contributed by atoms with Gasteiger partial charge in [0.05, 0.1) is 10.6 Å². The minimum Gasteiger partial charge on any atom is -0.351 e. The summed E-state index contributed by atoms with van der Waals surface area (Å²) in [4.78, 5) is 12.1. The van der Waals surface area contributed by atoms with Gasteiger partial charge in [0.1, 0.15) is 5.82 Å². The number of carbonyl (C=O) groups excluding carboxylic acids is 1. The van der Waals surface area contributed by atoms with Crippen LogP contribution < -0.4 is 5.32 Å². The molecule has 0 atom stereocenters. The second-order valence-electron chi connectivity index (χ2n) is 4.63. The van der Waals surface area contributed by atoms with Gasteiger partial charge in [0.15, 0.2) is 0 Å². The first-order valence-corrected chi connectivity index (χ1v) is 9.43. The fourth-order valence-electron chi connectivity index (χ4n) is 1.85. The van der Waals surface area contributed by atoms with Crippen molar-refractivity contribution in [1.82, 2.24) is 5.32 Å². The van der Waals surface area contributed by atoms with E-state index < -0.39 is 0 Å². The third-order valence-electron chi connectivity index (χ3n) is 3.01. The van der Waals surface area contributed by atoms with Crippen LogP contribution in [-0.4, -0.2) is 18.2 Å². The van der Waals surface area contributed by atoms with Crippen LogP contribution in [0.3, 0.4) is 0 Å². The van der Waals surface area contributed by atoms with Crippen LogP contribution in [0, 0.1) is 5.82 Å². The van der Waals surface area contributed by atoms with Crippen LogP contribution in [0.2, 0.25) is 10.0 Å². The summed E-state index contributed by atoms with van der Waals surface area (Å²) in [6.45, 7) is 0.457. The van der Waals surface area contributed by atoms with Crippen LogP contribution in [0.1, 0.15) is 15.9 Å². The van der Waals surface area contributed by atoms with E-state index in [2.05, 4.69) is 21.2 Å². The quantitative estimate of drug-likeness (QED) is 0.600. The smallest absolute Gasteiger partial charge is 0.252 e. The molecule has 0 bridgehead atoms. The minimum absolute atomic E-state index is 0.235. The molecule has 7 heteroatoms. The van der Waals surface area contributed by atoms with E-state index in [4.69, 9.17) is 23.2 Å². The molecule has 0 unspecified atom stereocenters. The molecule has 0 heterocycles. The highest BCUT2D eigenvalue weighted by molar-refractivity contribution is 9.10. The fraction of sp³-hybridized carbons (Fsp3) is 0.188. The van der Waals surface area contributed by atoms with E-state index in [1.54, 1.807) is 30.3 Å². The topological polar surface area (TPSA) is 29.1 Å². The normalized spacial score (nSPS) is 10.6. The van der Waals surface area contributed by atoms with Gasteiger partial charge < -0.3 is 5.32 Å². The van der Waals surface area contributed by atoms with Gasteiger partial charge in [-0.2, -0.15) is 11.8 Å². The van der Waals surface area contributed by atoms with Gasteiger partial charge >= 0.3 is 0 Å². The SMILES string of the molecule is O=C(NCCSCc1c(F)cccc1Cl)c1cc(Br)ccc1Cl. The predicted octanol–water partition coefficient (Wildman–Crippen LogP) is 5.56. The van der Waals surface area contributed by atoms with E-state index in [9.17, 15) is 9.18 Å². The molecule has 122 valence electrons. The van der Waals surface area contributed by atoms with Gasteiger partial charge in [-0.25, -0.2) is 4.39 Å². The summed E-state index contributed by atoms with van der Waals surface area (Å²) in [5.74, 6) is 0.553. The molecule has 1 amide bonds. The molecule has 0 spiro atoms. The number of thioether (sulfide) groups is 1. The molecule has 0 aliphatic carbocycles. The monoisotopic (exact) mass is 435 g/mol. The summed E-state index contributed by atoms with van der Waals surface area (Å²) >= 11 is 16.8. The maximum absolute atomic E-state index is 13.6. The van der Waals surface area contributed by atoms with Crippen molar-refractivity contribution in [3.8, 4) is 0 Å². The number of benzene rings is 2. The van der Waals surface area contributed by atoms with E-state index in [1.807, 2.05) is 0 Å². The lowest BCUT2D eigenvalue weighted by Crippen LogP contribution is -2.26. The van der Waals surface area contributed by atoms with E-state index in [0.717, 1.165) is 4.47 Å². The van der Waals surface area contributed by atoms with Crippen molar-refractivity contribution < 1.29 is 9.18 Å². The number of amides is 1. The Kier molecular flexibility index (Phi) is 7.21. The highest BCUT2D eigenvalue weighted by Gasteiger charge is 2.11. The first-order valence-electron chi connectivity index (χ1n) is 6.73. The van der Waals surface area contributed by atoms with Crippen molar-refractivity contribution in [3.05, 3.63) is 67.9 Å². The van der Waals surface area contributed by atoms with Gasteiger partial charge in [-0.3, -0.25) is 4.79 Å². The fourth-order valence-corrected chi connectivity index (χ4v) is 3.61. The van der Waals surface area contributed by atoms with Gasteiger partial charge in [-0.05, 0) is 30.3 Å². The van der Waals surface area contributed by atoms with E-state index >= 15 is 0 Å². The van der Waals surface area contributed by atoms with Gasteiger partial charge in [-0.15, -0.1) is 0 Å². The third kappa shape index (κ3) is 5.38. The molecule has 0 aromatic heterocycles. The van der Waals surface area contributed by atoms with Crippen molar-refractivity contribution in [2.45, 2.75) is 5.75 Å². The highest BCUT2D eigenvalue weighted by Crippen LogP contribution is 2.24. The zero-order valence-corrected chi connectivity index (χ0v) is 15.8. The third-order valence-corrected chi connectivity index (χ3v) is 5.18. The number of nitrogens with one attached hydrogen (secondary N) is 1. The number of hydrogen-bond donors (Lipinski definition) is 1. The average Bonchev–Trinajstić information content (AvgIpc) is 2.51. The first kappa shape index (κ1) is 18.6. The van der Waals surface area contributed by atoms with Crippen molar-refractivity contribution in [2.75, 3.05) is 12.3 Å². The molecular weight excluding hydrogens is 424 g/mol. The van der Waals surface area contributed by atoms with E-state index in [-0.39, 0.29) is 11.7 Å². The molecule has 2 aromatic rings. The number of halogens is 4. The molecule has 2 rings (SSSR count). The summed E-state index contributed by atoms with van der Waals surface area (Å²) < 4.78 is 14.4. The second-order valence-corrected chi connectivity index (χ2v) is 7.47. The van der Waals surface area contributed by atoms with Crippen LogP contribution in [0.5, 0.6) is 0 Å². The summed E-state index contributed by atoms with van der Waals surface area (Å²) in [6.07, 6.45) is 0. The molecule has 0 aliphatic rings. The Morgan fingerprint density at radius 3 is 2.74 bits per heavy atom. The summed E-state index contributed by atoms with van der Waals surface area (Å²) in [5.41, 5.74) is 0.906. The van der Waals surface area contributed by atoms with Crippen LogP contribution in [0.4, 0.5) is 4.39 Å². The van der Waals surface area contributed by atoms with E-state index in [0.29, 0.717) is 39.2 Å². The van der Waals surface area contributed by atoms with Crippen LogP contribution in [0.25, 0.3) is 0 Å². The van der Waals surface area contributed by atoms with Crippen molar-refractivity contribution in [1.29, 1.82) is 0 Å². The van der Waals surface area contributed by atoms with Crippen LogP contribution in [-0.2, 0) is 5.75 Å². The lowest BCUT2D eigenvalue weighted by atomic mass is 10.2. The van der Waals surface area contributed by atoms with Gasteiger partial charge in [0.2, 0.25) is 0 Å². The minimum atomic E-state index is -0.310. The number of rotatable bonds is 6. The Balaban J connectivity index is 1.79. The van der Waals surface area contributed by atoms with Crippen LogP contribution in [0.15, 0.2) is 40.9 Å². The largest absolute Gasteiger partial charge is 0.351 e. The lowest BCUT2D eigenvalue weighted by molar-refractivity contribution is 0.0956. The molecule has 0 aliphatic heterocycles.